The molecule has 0 bridgehead atoms. The normalized spacial score (nSPS) is 29.2. The van der Waals surface area contributed by atoms with Crippen molar-refractivity contribution in [2.75, 3.05) is 0 Å². The lowest BCUT2D eigenvalue weighted by molar-refractivity contribution is 0.0732. The Morgan fingerprint density at radius 1 is 1.54 bits per heavy atom. The SMILES string of the molecule is CC1(C)[C@@H](C=C(Cl)Cl)[C@@H]1OC(=O)O. The van der Waals surface area contributed by atoms with Crippen LogP contribution in [0.5, 0.6) is 0 Å². The molecule has 0 aliphatic heterocycles. The molecular weight excluding hydrogens is 215 g/mol. The van der Waals surface area contributed by atoms with Crippen LogP contribution in [0.15, 0.2) is 10.6 Å². The summed E-state index contributed by atoms with van der Waals surface area (Å²) in [6, 6.07) is 0. The lowest BCUT2D eigenvalue weighted by Crippen LogP contribution is -2.07. The van der Waals surface area contributed by atoms with E-state index in [1.54, 1.807) is 6.08 Å². The van der Waals surface area contributed by atoms with E-state index in [1.165, 1.54) is 0 Å². The number of carbonyl (C=O) groups is 1. The van der Waals surface area contributed by atoms with E-state index in [1.807, 2.05) is 13.8 Å². The molecule has 3 nitrogen and oxygen atoms in total. The topological polar surface area (TPSA) is 46.5 Å². The lowest BCUT2D eigenvalue weighted by Gasteiger charge is -1.99. The fourth-order valence-electron chi connectivity index (χ4n) is 1.40. The molecule has 0 radical (unpaired) electrons. The maximum Gasteiger partial charge on any atom is 0.506 e. The maximum absolute atomic E-state index is 10.3. The fraction of sp³-hybridized carbons (Fsp3) is 0.625. The molecule has 5 heteroatoms. The summed E-state index contributed by atoms with van der Waals surface area (Å²) in [6.07, 6.45) is 0.00801. The standard InChI is InChI=1S/C8H10Cl2O3/c1-8(2)4(3-5(9)10)6(8)13-7(11)12/h3-4,6H,1-2H3,(H,11,12)/t4-,6-/m0/s1. The summed E-state index contributed by atoms with van der Waals surface area (Å²) >= 11 is 10.9. The van der Waals surface area contributed by atoms with E-state index in [0.717, 1.165) is 0 Å². The van der Waals surface area contributed by atoms with Crippen molar-refractivity contribution in [3.8, 4) is 0 Å². The second-order valence-electron chi connectivity index (χ2n) is 3.61. The van der Waals surface area contributed by atoms with Gasteiger partial charge in [0.05, 0.1) is 0 Å². The number of hydrogen-bond acceptors (Lipinski definition) is 2. The van der Waals surface area contributed by atoms with Gasteiger partial charge in [-0.1, -0.05) is 37.0 Å². The summed E-state index contributed by atoms with van der Waals surface area (Å²) in [4.78, 5) is 10.3. The predicted octanol–water partition coefficient (Wildman–Crippen LogP) is 3.02. The molecule has 0 aromatic rings. The summed E-state index contributed by atoms with van der Waals surface area (Å²) in [6.45, 7) is 3.80. The molecule has 1 aliphatic rings. The van der Waals surface area contributed by atoms with Crippen LogP contribution in [0.3, 0.4) is 0 Å². The van der Waals surface area contributed by atoms with Crippen molar-refractivity contribution in [2.45, 2.75) is 20.0 Å². The molecule has 1 fully saturated rings. The predicted molar refractivity (Wildman–Crippen MR) is 50.0 cm³/mol. The van der Waals surface area contributed by atoms with Gasteiger partial charge in [0.2, 0.25) is 0 Å². The molecule has 1 N–H and O–H groups in total. The number of carboxylic acid groups (broad SMARTS) is 1. The van der Waals surface area contributed by atoms with Crippen LogP contribution >= 0.6 is 23.2 Å². The van der Waals surface area contributed by atoms with Gasteiger partial charge in [0.15, 0.2) is 0 Å². The first-order valence-corrected chi connectivity index (χ1v) is 4.53. The Morgan fingerprint density at radius 3 is 2.46 bits per heavy atom. The summed E-state index contributed by atoms with van der Waals surface area (Å²) < 4.78 is 4.79. The molecule has 0 aromatic heterocycles. The molecule has 0 spiro atoms. The van der Waals surface area contributed by atoms with Gasteiger partial charge in [-0.2, -0.15) is 0 Å². The monoisotopic (exact) mass is 224 g/mol. The number of halogens is 2. The molecule has 0 saturated heterocycles. The van der Waals surface area contributed by atoms with Crippen molar-refractivity contribution in [3.05, 3.63) is 10.6 Å². The molecular formula is C8H10Cl2O3. The van der Waals surface area contributed by atoms with Crippen molar-refractivity contribution in [3.63, 3.8) is 0 Å². The number of ether oxygens (including phenoxy) is 1. The molecule has 74 valence electrons. The molecule has 0 heterocycles. The Hall–Kier alpha value is -0.410. The van der Waals surface area contributed by atoms with Crippen LogP contribution in [-0.2, 0) is 4.74 Å². The average molecular weight is 225 g/mol. The Bertz CT molecular complexity index is 256. The van der Waals surface area contributed by atoms with Crippen LogP contribution < -0.4 is 0 Å². The van der Waals surface area contributed by atoms with Crippen molar-refractivity contribution in [2.24, 2.45) is 11.3 Å². The van der Waals surface area contributed by atoms with E-state index in [2.05, 4.69) is 4.74 Å². The molecule has 13 heavy (non-hydrogen) atoms. The van der Waals surface area contributed by atoms with Gasteiger partial charge in [0.25, 0.3) is 0 Å². The second kappa shape index (κ2) is 3.39. The van der Waals surface area contributed by atoms with Gasteiger partial charge >= 0.3 is 6.16 Å². The first kappa shape index (κ1) is 10.7. The molecule has 1 aliphatic carbocycles. The highest BCUT2D eigenvalue weighted by Crippen LogP contribution is 2.55. The minimum atomic E-state index is -1.26. The van der Waals surface area contributed by atoms with Gasteiger partial charge < -0.3 is 9.84 Å². The van der Waals surface area contributed by atoms with E-state index in [9.17, 15) is 4.79 Å². The Kier molecular flexibility index (Phi) is 2.78. The van der Waals surface area contributed by atoms with Gasteiger partial charge in [-0.05, 0) is 6.08 Å². The van der Waals surface area contributed by atoms with Crippen LogP contribution in [0, 0.1) is 11.3 Å². The van der Waals surface area contributed by atoms with E-state index >= 15 is 0 Å². The largest absolute Gasteiger partial charge is 0.506 e. The van der Waals surface area contributed by atoms with Gasteiger partial charge in [-0.3, -0.25) is 0 Å². The average Bonchev–Trinajstić information content (AvgIpc) is 2.36. The van der Waals surface area contributed by atoms with Gasteiger partial charge in [0.1, 0.15) is 10.6 Å². The van der Waals surface area contributed by atoms with Gasteiger partial charge in [-0.25, -0.2) is 4.79 Å². The van der Waals surface area contributed by atoms with Crippen LogP contribution in [-0.4, -0.2) is 17.4 Å². The van der Waals surface area contributed by atoms with Crippen molar-refractivity contribution < 1.29 is 14.6 Å². The summed E-state index contributed by atoms with van der Waals surface area (Å²) in [5, 5.41) is 8.40. The number of hydrogen-bond donors (Lipinski definition) is 1. The molecule has 0 unspecified atom stereocenters. The summed E-state index contributed by atoms with van der Waals surface area (Å²) in [7, 11) is 0. The maximum atomic E-state index is 10.3. The minimum absolute atomic E-state index is 0.0198. The highest BCUT2D eigenvalue weighted by molar-refractivity contribution is 6.55. The highest BCUT2D eigenvalue weighted by atomic mass is 35.5. The zero-order valence-electron chi connectivity index (χ0n) is 7.25. The first-order chi connectivity index (χ1) is 5.85. The zero-order valence-corrected chi connectivity index (χ0v) is 8.76. The third kappa shape index (κ3) is 2.29. The molecule has 0 aromatic carbocycles. The number of rotatable bonds is 2. The Balaban J connectivity index is 2.61. The minimum Gasteiger partial charge on any atom is -0.450 e. The van der Waals surface area contributed by atoms with Crippen LogP contribution in [0.1, 0.15) is 13.8 Å². The van der Waals surface area contributed by atoms with E-state index in [4.69, 9.17) is 28.3 Å². The molecule has 2 atom stereocenters. The second-order valence-corrected chi connectivity index (χ2v) is 4.62. The molecule has 1 rings (SSSR count). The van der Waals surface area contributed by atoms with Crippen molar-refractivity contribution in [1.29, 1.82) is 0 Å². The Labute approximate surface area is 86.3 Å². The quantitative estimate of drug-likeness (QED) is 0.734. The molecule has 1 saturated carbocycles. The Morgan fingerprint density at radius 2 is 2.08 bits per heavy atom. The smallest absolute Gasteiger partial charge is 0.450 e. The third-order valence-corrected chi connectivity index (χ3v) is 2.59. The van der Waals surface area contributed by atoms with Crippen LogP contribution in [0.25, 0.3) is 0 Å². The van der Waals surface area contributed by atoms with Crippen molar-refractivity contribution >= 4 is 29.4 Å². The summed E-state index contributed by atoms with van der Waals surface area (Å²) in [5.74, 6) is -0.0198. The van der Waals surface area contributed by atoms with Crippen molar-refractivity contribution in [1.82, 2.24) is 0 Å². The van der Waals surface area contributed by atoms with Gasteiger partial charge in [-0.15, -0.1) is 0 Å². The fourth-order valence-corrected chi connectivity index (χ4v) is 1.67. The zero-order chi connectivity index (χ0) is 10.2. The first-order valence-electron chi connectivity index (χ1n) is 3.78. The van der Waals surface area contributed by atoms with E-state index < -0.39 is 6.16 Å². The van der Waals surface area contributed by atoms with E-state index in [-0.39, 0.29) is 21.9 Å². The third-order valence-electron chi connectivity index (χ3n) is 2.34. The van der Waals surface area contributed by atoms with E-state index in [0.29, 0.717) is 0 Å². The van der Waals surface area contributed by atoms with Crippen LogP contribution in [0.4, 0.5) is 4.79 Å². The lowest BCUT2D eigenvalue weighted by atomic mass is 10.1. The highest BCUT2D eigenvalue weighted by Gasteiger charge is 2.60. The van der Waals surface area contributed by atoms with Crippen LogP contribution in [0.2, 0.25) is 0 Å². The summed E-state index contributed by atoms with van der Waals surface area (Å²) in [5.41, 5.74) is -0.201. The van der Waals surface area contributed by atoms with Gasteiger partial charge in [0, 0.05) is 11.3 Å². The molecule has 0 amide bonds.